The number of sulfone groups is 1. The van der Waals surface area contributed by atoms with Crippen molar-refractivity contribution in [2.45, 2.75) is 39.3 Å². The summed E-state index contributed by atoms with van der Waals surface area (Å²) in [5, 5.41) is 0. The van der Waals surface area contributed by atoms with Gasteiger partial charge in [0.15, 0.2) is 15.9 Å². The molecule has 0 bridgehead atoms. The summed E-state index contributed by atoms with van der Waals surface area (Å²) < 4.78 is 41.9. The Morgan fingerprint density at radius 3 is 2.60 bits per heavy atom. The third-order valence-corrected chi connectivity index (χ3v) is 6.06. The molecule has 1 heterocycles. The van der Waals surface area contributed by atoms with Gasteiger partial charge in [-0.2, -0.15) is 0 Å². The SMILES string of the molecule is CCN(C(=O)[C@H](C)OC(=O)c1ccc(C)c(F)c1)[C@H]1CCS(=O)(=O)C1. The Hall–Kier alpha value is -1.96. The summed E-state index contributed by atoms with van der Waals surface area (Å²) in [5.41, 5.74) is 0.425. The van der Waals surface area contributed by atoms with Crippen molar-refractivity contribution in [3.05, 3.63) is 35.1 Å². The van der Waals surface area contributed by atoms with Crippen LogP contribution < -0.4 is 0 Å². The molecular weight excluding hydrogens is 349 g/mol. The fourth-order valence-electron chi connectivity index (χ4n) is 2.85. The molecule has 0 N–H and O–H groups in total. The van der Waals surface area contributed by atoms with Gasteiger partial charge in [0.2, 0.25) is 0 Å². The van der Waals surface area contributed by atoms with E-state index in [1.165, 1.54) is 24.0 Å². The fraction of sp³-hybridized carbons (Fsp3) is 0.529. The van der Waals surface area contributed by atoms with Crippen LogP contribution in [0.3, 0.4) is 0 Å². The van der Waals surface area contributed by atoms with Crippen LogP contribution in [0.25, 0.3) is 0 Å². The van der Waals surface area contributed by atoms with Gasteiger partial charge in [-0.05, 0) is 44.9 Å². The van der Waals surface area contributed by atoms with Crippen molar-refractivity contribution in [3.63, 3.8) is 0 Å². The van der Waals surface area contributed by atoms with Crippen molar-refractivity contribution in [2.24, 2.45) is 0 Å². The zero-order valence-electron chi connectivity index (χ0n) is 14.5. The number of carbonyl (C=O) groups excluding carboxylic acids is 2. The minimum Gasteiger partial charge on any atom is -0.449 e. The van der Waals surface area contributed by atoms with Gasteiger partial charge in [-0.1, -0.05) is 6.07 Å². The second-order valence-corrected chi connectivity index (χ2v) is 8.42. The van der Waals surface area contributed by atoms with E-state index in [-0.39, 0.29) is 17.1 Å². The van der Waals surface area contributed by atoms with Crippen LogP contribution in [-0.4, -0.2) is 55.4 Å². The highest BCUT2D eigenvalue weighted by Crippen LogP contribution is 2.19. The van der Waals surface area contributed by atoms with E-state index in [0.29, 0.717) is 18.5 Å². The van der Waals surface area contributed by atoms with Gasteiger partial charge in [-0.15, -0.1) is 0 Å². The summed E-state index contributed by atoms with van der Waals surface area (Å²) >= 11 is 0. The van der Waals surface area contributed by atoms with Crippen molar-refractivity contribution in [3.8, 4) is 0 Å². The zero-order valence-corrected chi connectivity index (χ0v) is 15.3. The first-order valence-electron chi connectivity index (χ1n) is 8.12. The first-order chi connectivity index (χ1) is 11.6. The summed E-state index contributed by atoms with van der Waals surface area (Å²) in [6, 6.07) is 3.55. The molecule has 1 aromatic rings. The number of rotatable bonds is 5. The Bertz CT molecular complexity index is 777. The van der Waals surface area contributed by atoms with Gasteiger partial charge in [-0.25, -0.2) is 17.6 Å². The summed E-state index contributed by atoms with van der Waals surface area (Å²) in [7, 11) is -3.13. The predicted molar refractivity (Wildman–Crippen MR) is 90.5 cm³/mol. The predicted octanol–water partition coefficient (Wildman–Crippen LogP) is 1.72. The molecule has 1 fully saturated rings. The first-order valence-corrected chi connectivity index (χ1v) is 9.94. The number of nitrogens with zero attached hydrogens (tertiary/aromatic N) is 1. The molecule has 2 rings (SSSR count). The molecule has 1 saturated heterocycles. The topological polar surface area (TPSA) is 80.8 Å². The van der Waals surface area contributed by atoms with Crippen LogP contribution in [-0.2, 0) is 19.4 Å². The van der Waals surface area contributed by atoms with Crippen LogP contribution in [0, 0.1) is 12.7 Å². The number of halogens is 1. The maximum atomic E-state index is 13.6. The molecule has 1 aliphatic rings. The number of hydrogen-bond donors (Lipinski definition) is 0. The van der Waals surface area contributed by atoms with Crippen molar-refractivity contribution >= 4 is 21.7 Å². The van der Waals surface area contributed by atoms with E-state index in [0.717, 1.165) is 6.07 Å². The van der Waals surface area contributed by atoms with Crippen LogP contribution >= 0.6 is 0 Å². The van der Waals surface area contributed by atoms with Crippen LogP contribution in [0.4, 0.5) is 4.39 Å². The van der Waals surface area contributed by atoms with Gasteiger partial charge < -0.3 is 9.64 Å². The summed E-state index contributed by atoms with van der Waals surface area (Å²) in [4.78, 5) is 26.1. The van der Waals surface area contributed by atoms with Crippen molar-refractivity contribution in [1.29, 1.82) is 0 Å². The molecule has 0 radical (unpaired) electrons. The van der Waals surface area contributed by atoms with Gasteiger partial charge in [0.1, 0.15) is 5.82 Å². The molecule has 0 aliphatic carbocycles. The Morgan fingerprint density at radius 1 is 1.40 bits per heavy atom. The van der Waals surface area contributed by atoms with Gasteiger partial charge in [0, 0.05) is 12.6 Å². The second kappa shape index (κ2) is 7.51. The smallest absolute Gasteiger partial charge is 0.339 e. The van der Waals surface area contributed by atoms with Gasteiger partial charge in [0.05, 0.1) is 17.1 Å². The van der Waals surface area contributed by atoms with E-state index in [1.54, 1.807) is 13.8 Å². The number of amides is 1. The lowest BCUT2D eigenvalue weighted by Crippen LogP contribution is -2.46. The molecule has 25 heavy (non-hydrogen) atoms. The number of benzene rings is 1. The number of ether oxygens (including phenoxy) is 1. The van der Waals surface area contributed by atoms with Crippen LogP contribution in [0.2, 0.25) is 0 Å². The maximum Gasteiger partial charge on any atom is 0.339 e. The van der Waals surface area contributed by atoms with E-state index in [2.05, 4.69) is 0 Å². The lowest BCUT2D eigenvalue weighted by atomic mass is 10.1. The zero-order chi connectivity index (χ0) is 18.8. The van der Waals surface area contributed by atoms with E-state index in [9.17, 15) is 22.4 Å². The molecule has 0 aromatic heterocycles. The third-order valence-electron chi connectivity index (χ3n) is 4.31. The monoisotopic (exact) mass is 371 g/mol. The normalized spacial score (nSPS) is 20.1. The Labute approximate surface area is 146 Å². The van der Waals surface area contributed by atoms with E-state index in [4.69, 9.17) is 4.74 Å². The van der Waals surface area contributed by atoms with E-state index >= 15 is 0 Å². The summed E-state index contributed by atoms with van der Waals surface area (Å²) in [6.07, 6.45) is -0.703. The lowest BCUT2D eigenvalue weighted by molar-refractivity contribution is -0.141. The number of carbonyl (C=O) groups is 2. The Morgan fingerprint density at radius 2 is 2.08 bits per heavy atom. The standard InChI is InChI=1S/C17H22FNO5S/c1-4-19(14-7-8-25(22,23)10-14)16(20)12(3)24-17(21)13-6-5-11(2)15(18)9-13/h5-6,9,12,14H,4,7-8,10H2,1-3H3/t12-,14-/m0/s1. The highest BCUT2D eigenvalue weighted by atomic mass is 32.2. The van der Waals surface area contributed by atoms with Crippen molar-refractivity contribution in [1.82, 2.24) is 4.90 Å². The number of likely N-dealkylation sites (N-methyl/N-ethyl adjacent to an activating group) is 1. The molecule has 0 spiro atoms. The highest BCUT2D eigenvalue weighted by molar-refractivity contribution is 7.91. The van der Waals surface area contributed by atoms with Gasteiger partial charge in [0.25, 0.3) is 5.91 Å². The average Bonchev–Trinajstić information content (AvgIpc) is 2.90. The molecule has 8 heteroatoms. The third kappa shape index (κ3) is 4.56. The largest absolute Gasteiger partial charge is 0.449 e. The maximum absolute atomic E-state index is 13.6. The molecule has 0 unspecified atom stereocenters. The van der Waals surface area contributed by atoms with Crippen molar-refractivity contribution in [2.75, 3.05) is 18.1 Å². The average molecular weight is 371 g/mol. The lowest BCUT2D eigenvalue weighted by Gasteiger charge is -2.29. The van der Waals surface area contributed by atoms with Crippen LogP contribution in [0.5, 0.6) is 0 Å². The molecule has 0 saturated carbocycles. The second-order valence-electron chi connectivity index (χ2n) is 6.19. The number of esters is 1. The van der Waals surface area contributed by atoms with Gasteiger partial charge in [-0.3, -0.25) is 4.79 Å². The summed E-state index contributed by atoms with van der Waals surface area (Å²) in [6.45, 7) is 5.06. The molecule has 138 valence electrons. The minimum atomic E-state index is -3.13. The molecule has 1 amide bonds. The molecule has 1 aromatic carbocycles. The van der Waals surface area contributed by atoms with E-state index in [1.807, 2.05) is 0 Å². The van der Waals surface area contributed by atoms with Crippen molar-refractivity contribution < 1.29 is 27.1 Å². The van der Waals surface area contributed by atoms with Gasteiger partial charge >= 0.3 is 5.97 Å². The number of hydrogen-bond acceptors (Lipinski definition) is 5. The highest BCUT2D eigenvalue weighted by Gasteiger charge is 2.36. The minimum absolute atomic E-state index is 0.0224. The van der Waals surface area contributed by atoms with Crippen LogP contribution in [0.15, 0.2) is 18.2 Å². The molecule has 6 nitrogen and oxygen atoms in total. The Kier molecular flexibility index (Phi) is 5.82. The van der Waals surface area contributed by atoms with Crippen LogP contribution in [0.1, 0.15) is 36.2 Å². The molecular formula is C17H22FNO5S. The first kappa shape index (κ1) is 19.4. The fourth-order valence-corrected chi connectivity index (χ4v) is 4.58. The van der Waals surface area contributed by atoms with E-state index < -0.39 is 39.7 Å². The quantitative estimate of drug-likeness (QED) is 0.736. The molecule has 1 aliphatic heterocycles. The number of aryl methyl sites for hydroxylation is 1. The molecule has 2 atom stereocenters. The Balaban J connectivity index is 2.05. The summed E-state index contributed by atoms with van der Waals surface area (Å²) in [5.74, 6) is -1.80.